The fraction of sp³-hybridized carbons (Fsp3) is 1.00. The van der Waals surface area contributed by atoms with Gasteiger partial charge in [-0.15, -0.1) is 0 Å². The van der Waals surface area contributed by atoms with Crippen LogP contribution in [0.1, 0.15) is 0 Å². The Morgan fingerprint density at radius 2 is 1.00 bits per heavy atom. The van der Waals surface area contributed by atoms with Crippen LogP contribution in [0.2, 0.25) is 0 Å². The summed E-state index contributed by atoms with van der Waals surface area (Å²) in [5, 5.41) is 0. The number of rotatable bonds is 0. The molecule has 0 aromatic heterocycles. The Hall–Kier alpha value is 0.620. The van der Waals surface area contributed by atoms with Gasteiger partial charge < -0.3 is 5.48 Å². The lowest BCUT2D eigenvalue weighted by atomic mass is 10.8. The minimum atomic E-state index is -4.77. The van der Waals surface area contributed by atoms with Crippen molar-refractivity contribution in [2.24, 2.45) is 0 Å². The van der Waals surface area contributed by atoms with Crippen LogP contribution in [0.4, 0.5) is 13.2 Å². The smallest absolute Gasteiger partial charge is 0.412 e. The molecule has 9 heavy (non-hydrogen) atoms. The van der Waals surface area contributed by atoms with E-state index in [1.165, 1.54) is 0 Å². The van der Waals surface area contributed by atoms with Gasteiger partial charge in [0.1, 0.15) is 0 Å². The molecule has 0 spiro atoms. The summed E-state index contributed by atoms with van der Waals surface area (Å²) < 4.78 is 30.4. The van der Waals surface area contributed by atoms with Crippen molar-refractivity contribution in [3.8, 4) is 0 Å². The van der Waals surface area contributed by atoms with Gasteiger partial charge in [-0.05, 0) is 0 Å². The third-order valence-corrected chi connectivity index (χ3v) is 0.964. The van der Waals surface area contributed by atoms with Crippen molar-refractivity contribution in [1.29, 1.82) is 0 Å². The number of hydrogen-bond acceptors (Lipinski definition) is 0. The van der Waals surface area contributed by atoms with Crippen LogP contribution in [0, 0.1) is 0 Å². The molecule has 0 aromatic rings. The van der Waals surface area contributed by atoms with Crippen LogP contribution in [0.25, 0.3) is 0 Å². The van der Waals surface area contributed by atoms with Gasteiger partial charge in [0.15, 0.2) is 0 Å². The van der Waals surface area contributed by atoms with Gasteiger partial charge in [0.2, 0.25) is 0 Å². The molecule has 0 atom stereocenters. The summed E-state index contributed by atoms with van der Waals surface area (Å²) in [5.41, 5.74) is 0. The second-order valence-corrected chi connectivity index (χ2v) is 3.28. The van der Waals surface area contributed by atoms with Crippen molar-refractivity contribution < 1.29 is 18.6 Å². The lowest BCUT2D eigenvalue weighted by Crippen LogP contribution is -2.27. The van der Waals surface area contributed by atoms with Gasteiger partial charge in [-0.3, -0.25) is 0 Å². The zero-order valence-electron chi connectivity index (χ0n) is 3.77. The number of hydrogen-bond donors (Lipinski definition) is 0. The molecule has 0 amide bonds. The molecule has 1 nitrogen and oxygen atoms in total. The highest BCUT2D eigenvalue weighted by atomic mass is 35.6. The minimum Gasteiger partial charge on any atom is -0.412 e. The van der Waals surface area contributed by atoms with Gasteiger partial charge in [0.05, 0.1) is 0 Å². The molecule has 0 rings (SSSR count). The van der Waals surface area contributed by atoms with E-state index in [1.54, 1.807) is 0 Å². The summed E-state index contributed by atoms with van der Waals surface area (Å²) in [6, 6.07) is 0. The molecule has 0 radical (unpaired) electrons. The van der Waals surface area contributed by atoms with Gasteiger partial charge >= 0.3 is 6.18 Å². The third-order valence-electron chi connectivity index (χ3n) is 0.321. The van der Waals surface area contributed by atoms with Crippen LogP contribution in [0.3, 0.4) is 0 Å². The Balaban J connectivity index is 0. The molecule has 0 bridgehead atoms. The van der Waals surface area contributed by atoms with E-state index in [9.17, 15) is 13.2 Å². The van der Waals surface area contributed by atoms with Crippen LogP contribution in [0.5, 0.6) is 0 Å². The Morgan fingerprint density at radius 1 is 0.889 bits per heavy atom. The molecule has 0 heterocycles. The van der Waals surface area contributed by atoms with Crippen molar-refractivity contribution in [1.82, 2.24) is 0 Å². The number of halogens is 6. The highest BCUT2D eigenvalue weighted by Crippen LogP contribution is 2.42. The molecule has 0 fully saturated rings. The third kappa shape index (κ3) is 4.08. The molecule has 2 N–H and O–H groups in total. The van der Waals surface area contributed by atoms with Crippen LogP contribution in [-0.2, 0) is 0 Å². The van der Waals surface area contributed by atoms with E-state index in [2.05, 4.69) is 34.8 Å². The molecular formula is C2H2Cl3F3O. The van der Waals surface area contributed by atoms with Gasteiger partial charge in [-0.2, -0.15) is 13.2 Å². The largest absolute Gasteiger partial charge is 0.435 e. The van der Waals surface area contributed by atoms with E-state index in [0.717, 1.165) is 0 Å². The van der Waals surface area contributed by atoms with E-state index in [0.29, 0.717) is 0 Å². The predicted molar refractivity (Wildman–Crippen MR) is 30.0 cm³/mol. The monoisotopic (exact) mass is 204 g/mol. The molecule has 58 valence electrons. The van der Waals surface area contributed by atoms with Gasteiger partial charge in [-0.1, -0.05) is 34.8 Å². The average Bonchev–Trinajstić information content (AvgIpc) is 1.25. The van der Waals surface area contributed by atoms with Crippen molar-refractivity contribution >= 4 is 34.8 Å². The molecule has 0 aliphatic carbocycles. The van der Waals surface area contributed by atoms with Crippen molar-refractivity contribution in [3.63, 3.8) is 0 Å². The molecule has 0 aromatic carbocycles. The Labute approximate surface area is 64.0 Å². The van der Waals surface area contributed by atoms with Gasteiger partial charge in [0.25, 0.3) is 3.79 Å². The summed E-state index contributed by atoms with van der Waals surface area (Å²) in [4.78, 5) is 0. The first-order valence-electron chi connectivity index (χ1n) is 1.38. The summed E-state index contributed by atoms with van der Waals surface area (Å²) in [6.07, 6.45) is -4.77. The van der Waals surface area contributed by atoms with Crippen LogP contribution < -0.4 is 0 Å². The normalized spacial score (nSPS) is 12.7. The summed E-state index contributed by atoms with van der Waals surface area (Å²) in [5.74, 6) is 0. The molecule has 0 unspecified atom stereocenters. The quantitative estimate of drug-likeness (QED) is 0.542. The van der Waals surface area contributed by atoms with Crippen molar-refractivity contribution in [2.75, 3.05) is 0 Å². The molecule has 0 aliphatic heterocycles. The van der Waals surface area contributed by atoms with E-state index in [-0.39, 0.29) is 5.48 Å². The van der Waals surface area contributed by atoms with Crippen molar-refractivity contribution in [3.05, 3.63) is 0 Å². The summed E-state index contributed by atoms with van der Waals surface area (Å²) in [7, 11) is 0. The second kappa shape index (κ2) is 3.14. The average molecular weight is 205 g/mol. The standard InChI is InChI=1S/C2Cl3F3.H2O/c3-1(4,5)2(6,7)8;/h;1H2. The van der Waals surface area contributed by atoms with E-state index in [4.69, 9.17) is 0 Å². The van der Waals surface area contributed by atoms with Gasteiger partial charge in [0, 0.05) is 0 Å². The fourth-order valence-electron chi connectivity index (χ4n) is 0. The predicted octanol–water partition coefficient (Wildman–Crippen LogP) is 2.09. The van der Waals surface area contributed by atoms with Crippen molar-refractivity contribution in [2.45, 2.75) is 9.97 Å². The molecule has 7 heteroatoms. The second-order valence-electron chi connectivity index (χ2n) is 0.996. The summed E-state index contributed by atoms with van der Waals surface area (Å²) in [6.45, 7) is 0. The van der Waals surface area contributed by atoms with Crippen LogP contribution in [0.15, 0.2) is 0 Å². The summed E-state index contributed by atoms with van der Waals surface area (Å²) >= 11 is 13.2. The molecule has 0 aliphatic rings. The highest BCUT2D eigenvalue weighted by Gasteiger charge is 2.51. The lowest BCUT2D eigenvalue weighted by molar-refractivity contribution is -0.124. The number of alkyl halides is 6. The Morgan fingerprint density at radius 3 is 1.00 bits per heavy atom. The van der Waals surface area contributed by atoms with Crippen LogP contribution >= 0.6 is 34.8 Å². The van der Waals surface area contributed by atoms with Crippen LogP contribution in [-0.4, -0.2) is 15.4 Å². The highest BCUT2D eigenvalue weighted by molar-refractivity contribution is 6.68. The lowest BCUT2D eigenvalue weighted by Gasteiger charge is -2.13. The Kier molecular flexibility index (Phi) is 4.30. The molecular weight excluding hydrogens is 203 g/mol. The maximum atomic E-state index is 11.2. The van der Waals surface area contributed by atoms with E-state index < -0.39 is 9.97 Å². The molecule has 0 saturated heterocycles. The Bertz CT molecular complexity index is 72.0. The minimum absolute atomic E-state index is 0. The molecule has 0 saturated carbocycles. The maximum absolute atomic E-state index is 11.2. The topological polar surface area (TPSA) is 31.5 Å². The zero-order valence-corrected chi connectivity index (χ0v) is 6.04. The zero-order chi connectivity index (χ0) is 7.00. The fourth-order valence-corrected chi connectivity index (χ4v) is 0. The van der Waals surface area contributed by atoms with Gasteiger partial charge in [-0.25, -0.2) is 0 Å². The first-order chi connectivity index (χ1) is 3.25. The SMILES string of the molecule is FC(F)(F)C(Cl)(Cl)Cl.O. The van der Waals surface area contributed by atoms with E-state index >= 15 is 0 Å². The van der Waals surface area contributed by atoms with E-state index in [1.807, 2.05) is 0 Å². The maximum Gasteiger partial charge on any atom is 0.435 e. The first-order valence-corrected chi connectivity index (χ1v) is 2.52. The first kappa shape index (κ1) is 12.3.